The Morgan fingerprint density at radius 2 is 1.75 bits per heavy atom. The number of ether oxygens (including phenoxy) is 1. The van der Waals surface area contributed by atoms with E-state index in [1.165, 1.54) is 16.8 Å². The van der Waals surface area contributed by atoms with Crippen molar-refractivity contribution in [2.75, 3.05) is 30.8 Å². The van der Waals surface area contributed by atoms with Gasteiger partial charge in [-0.05, 0) is 49.2 Å². The van der Waals surface area contributed by atoms with Crippen LogP contribution < -0.4 is 15.4 Å². The summed E-state index contributed by atoms with van der Waals surface area (Å²) >= 11 is 0. The highest BCUT2D eigenvalue weighted by atomic mass is 16.5. The van der Waals surface area contributed by atoms with Crippen molar-refractivity contribution in [3.05, 3.63) is 53.6 Å². The summed E-state index contributed by atoms with van der Waals surface area (Å²) < 4.78 is 5.72. The van der Waals surface area contributed by atoms with Crippen LogP contribution in [-0.4, -0.2) is 20.2 Å². The summed E-state index contributed by atoms with van der Waals surface area (Å²) in [6, 6.07) is 14.1. The Bertz CT molecular complexity index is 561. The Balaban J connectivity index is 1.90. The van der Waals surface area contributed by atoms with E-state index in [-0.39, 0.29) is 0 Å². The number of rotatable bonds is 5. The first-order valence-corrected chi connectivity index (χ1v) is 6.82. The third-order valence-corrected chi connectivity index (χ3v) is 3.20. The molecule has 2 aromatic rings. The zero-order chi connectivity index (χ0) is 14.5. The topological polar surface area (TPSA) is 38.5 Å². The van der Waals surface area contributed by atoms with Gasteiger partial charge in [0.1, 0.15) is 12.4 Å². The SMILES string of the molecule is Cc1cc(C)cc(N(C)CCOc2cccc(N)c2)c1. The van der Waals surface area contributed by atoms with E-state index in [4.69, 9.17) is 10.5 Å². The second kappa shape index (κ2) is 6.33. The van der Waals surface area contributed by atoms with E-state index in [0.29, 0.717) is 6.61 Å². The maximum Gasteiger partial charge on any atom is 0.121 e. The third-order valence-electron chi connectivity index (χ3n) is 3.20. The van der Waals surface area contributed by atoms with Crippen molar-refractivity contribution in [2.45, 2.75) is 13.8 Å². The lowest BCUT2D eigenvalue weighted by atomic mass is 10.1. The van der Waals surface area contributed by atoms with Gasteiger partial charge in [0.25, 0.3) is 0 Å². The molecule has 0 bridgehead atoms. The van der Waals surface area contributed by atoms with Crippen molar-refractivity contribution in [3.63, 3.8) is 0 Å². The number of hydrogen-bond donors (Lipinski definition) is 1. The number of likely N-dealkylation sites (N-methyl/N-ethyl adjacent to an activating group) is 1. The quantitative estimate of drug-likeness (QED) is 0.846. The van der Waals surface area contributed by atoms with Gasteiger partial charge in [-0.1, -0.05) is 12.1 Å². The summed E-state index contributed by atoms with van der Waals surface area (Å²) in [5, 5.41) is 0. The molecule has 0 heterocycles. The predicted molar refractivity (Wildman–Crippen MR) is 85.5 cm³/mol. The van der Waals surface area contributed by atoms with Crippen molar-refractivity contribution >= 4 is 11.4 Å². The molecule has 2 N–H and O–H groups in total. The van der Waals surface area contributed by atoms with Crippen molar-refractivity contribution in [3.8, 4) is 5.75 Å². The number of aryl methyl sites for hydroxylation is 2. The second-order valence-electron chi connectivity index (χ2n) is 5.19. The molecule has 0 aliphatic heterocycles. The molecule has 3 nitrogen and oxygen atoms in total. The van der Waals surface area contributed by atoms with Crippen LogP contribution in [0, 0.1) is 13.8 Å². The monoisotopic (exact) mass is 270 g/mol. The zero-order valence-corrected chi connectivity index (χ0v) is 12.4. The summed E-state index contributed by atoms with van der Waals surface area (Å²) in [6.45, 7) is 5.70. The smallest absolute Gasteiger partial charge is 0.121 e. The minimum Gasteiger partial charge on any atom is -0.492 e. The van der Waals surface area contributed by atoms with E-state index in [0.717, 1.165) is 18.0 Å². The number of benzene rings is 2. The maximum atomic E-state index is 5.72. The van der Waals surface area contributed by atoms with Crippen LogP contribution in [0.5, 0.6) is 5.75 Å². The molecule has 0 unspecified atom stereocenters. The highest BCUT2D eigenvalue weighted by Gasteiger charge is 2.03. The van der Waals surface area contributed by atoms with E-state index in [1.807, 2.05) is 24.3 Å². The molecule has 0 saturated carbocycles. The number of anilines is 2. The Labute approximate surface area is 121 Å². The number of nitrogens with zero attached hydrogens (tertiary/aromatic N) is 1. The molecule has 0 fully saturated rings. The van der Waals surface area contributed by atoms with Crippen LogP contribution >= 0.6 is 0 Å². The molecule has 20 heavy (non-hydrogen) atoms. The Morgan fingerprint density at radius 3 is 2.40 bits per heavy atom. The Kier molecular flexibility index (Phi) is 4.51. The minimum atomic E-state index is 0.632. The molecule has 0 amide bonds. The third kappa shape index (κ3) is 3.92. The van der Waals surface area contributed by atoms with Crippen LogP contribution in [0.2, 0.25) is 0 Å². The highest BCUT2D eigenvalue weighted by Crippen LogP contribution is 2.18. The van der Waals surface area contributed by atoms with Gasteiger partial charge in [-0.25, -0.2) is 0 Å². The molecule has 0 aromatic heterocycles. The molecule has 0 radical (unpaired) electrons. The zero-order valence-electron chi connectivity index (χ0n) is 12.4. The number of hydrogen-bond acceptors (Lipinski definition) is 3. The lowest BCUT2D eigenvalue weighted by molar-refractivity contribution is 0.326. The molecular formula is C17H22N2O. The molecule has 0 atom stereocenters. The summed E-state index contributed by atoms with van der Waals surface area (Å²) in [7, 11) is 2.08. The van der Waals surface area contributed by atoms with Crippen LogP contribution in [0.3, 0.4) is 0 Å². The summed E-state index contributed by atoms with van der Waals surface area (Å²) in [5.74, 6) is 0.818. The van der Waals surface area contributed by atoms with Gasteiger partial charge in [0, 0.05) is 24.5 Å². The summed E-state index contributed by atoms with van der Waals surface area (Å²) in [6.07, 6.45) is 0. The Hall–Kier alpha value is -2.16. The van der Waals surface area contributed by atoms with E-state index < -0.39 is 0 Å². The number of nitrogen functional groups attached to an aromatic ring is 1. The summed E-state index contributed by atoms with van der Waals surface area (Å²) in [5.41, 5.74) is 10.2. The van der Waals surface area contributed by atoms with Crippen molar-refractivity contribution < 1.29 is 4.74 Å². The van der Waals surface area contributed by atoms with Gasteiger partial charge >= 0.3 is 0 Å². The first-order valence-electron chi connectivity index (χ1n) is 6.82. The van der Waals surface area contributed by atoms with Gasteiger partial charge in [-0.15, -0.1) is 0 Å². The van der Waals surface area contributed by atoms with Crippen molar-refractivity contribution in [1.29, 1.82) is 0 Å². The largest absolute Gasteiger partial charge is 0.492 e. The van der Waals surface area contributed by atoms with Crippen LogP contribution in [0.15, 0.2) is 42.5 Å². The molecule has 0 aliphatic rings. The molecule has 106 valence electrons. The van der Waals surface area contributed by atoms with Crippen LogP contribution in [0.4, 0.5) is 11.4 Å². The van der Waals surface area contributed by atoms with Crippen LogP contribution in [-0.2, 0) is 0 Å². The van der Waals surface area contributed by atoms with Gasteiger partial charge < -0.3 is 15.4 Å². The average Bonchev–Trinajstić information content (AvgIpc) is 2.37. The summed E-state index contributed by atoms with van der Waals surface area (Å²) in [4.78, 5) is 2.20. The predicted octanol–water partition coefficient (Wildman–Crippen LogP) is 3.40. The molecule has 0 aliphatic carbocycles. The maximum absolute atomic E-state index is 5.72. The van der Waals surface area contributed by atoms with E-state index in [1.54, 1.807) is 0 Å². The van der Waals surface area contributed by atoms with E-state index in [2.05, 4.69) is 44.0 Å². The Morgan fingerprint density at radius 1 is 1.05 bits per heavy atom. The van der Waals surface area contributed by atoms with Gasteiger partial charge in [0.15, 0.2) is 0 Å². The molecule has 3 heteroatoms. The first-order chi connectivity index (χ1) is 9.54. The fourth-order valence-corrected chi connectivity index (χ4v) is 2.20. The average molecular weight is 270 g/mol. The lowest BCUT2D eigenvalue weighted by Crippen LogP contribution is -2.23. The fourth-order valence-electron chi connectivity index (χ4n) is 2.20. The lowest BCUT2D eigenvalue weighted by Gasteiger charge is -2.20. The normalized spacial score (nSPS) is 10.3. The fraction of sp³-hybridized carbons (Fsp3) is 0.294. The molecular weight excluding hydrogens is 248 g/mol. The number of nitrogens with two attached hydrogens (primary N) is 1. The van der Waals surface area contributed by atoms with Gasteiger partial charge in [-0.3, -0.25) is 0 Å². The van der Waals surface area contributed by atoms with Crippen molar-refractivity contribution in [1.82, 2.24) is 0 Å². The first kappa shape index (κ1) is 14.3. The highest BCUT2D eigenvalue weighted by molar-refractivity contribution is 5.50. The van der Waals surface area contributed by atoms with Crippen LogP contribution in [0.1, 0.15) is 11.1 Å². The minimum absolute atomic E-state index is 0.632. The van der Waals surface area contributed by atoms with Crippen LogP contribution in [0.25, 0.3) is 0 Å². The van der Waals surface area contributed by atoms with E-state index in [9.17, 15) is 0 Å². The molecule has 2 aromatic carbocycles. The molecule has 0 saturated heterocycles. The van der Waals surface area contributed by atoms with Gasteiger partial charge in [-0.2, -0.15) is 0 Å². The van der Waals surface area contributed by atoms with E-state index >= 15 is 0 Å². The molecule has 0 spiro atoms. The molecule has 2 rings (SSSR count). The van der Waals surface area contributed by atoms with Gasteiger partial charge in [0.05, 0.1) is 6.54 Å². The van der Waals surface area contributed by atoms with Gasteiger partial charge in [0.2, 0.25) is 0 Å². The van der Waals surface area contributed by atoms with Crippen molar-refractivity contribution in [2.24, 2.45) is 0 Å². The standard InChI is InChI=1S/C17H22N2O/c1-13-9-14(2)11-16(10-13)19(3)7-8-20-17-6-4-5-15(18)12-17/h4-6,9-12H,7-8,18H2,1-3H3. The second-order valence-corrected chi connectivity index (χ2v) is 5.19.